The molecule has 1 aliphatic heterocycles. The molecule has 5 aromatic rings. The van der Waals surface area contributed by atoms with E-state index in [2.05, 4.69) is 92.4 Å². The van der Waals surface area contributed by atoms with Crippen LogP contribution in [0.15, 0.2) is 79.6 Å². The maximum Gasteiger partial charge on any atom is 0.128 e. The van der Waals surface area contributed by atoms with Gasteiger partial charge in [-0.1, -0.05) is 12.1 Å². The van der Waals surface area contributed by atoms with E-state index in [0.29, 0.717) is 0 Å². The Morgan fingerprint density at radius 3 is 2.32 bits per heavy atom. The molecule has 4 heterocycles. The molecule has 0 amide bonds. The number of aromatic nitrogens is 5. The van der Waals surface area contributed by atoms with Crippen LogP contribution in [0, 0.1) is 0 Å². The highest BCUT2D eigenvalue weighted by Gasteiger charge is 2.19. The highest BCUT2D eigenvalue weighted by atomic mass is 15.3. The van der Waals surface area contributed by atoms with E-state index >= 15 is 0 Å². The maximum absolute atomic E-state index is 4.87. The number of piperazine rings is 1. The van der Waals surface area contributed by atoms with Crippen LogP contribution in [0.25, 0.3) is 33.2 Å². The lowest BCUT2D eigenvalue weighted by Gasteiger charge is -2.35. The molecule has 192 valence electrons. The van der Waals surface area contributed by atoms with Crippen molar-refractivity contribution in [1.29, 1.82) is 0 Å². The van der Waals surface area contributed by atoms with E-state index in [1.54, 1.807) is 6.33 Å². The van der Waals surface area contributed by atoms with E-state index in [9.17, 15) is 0 Å². The van der Waals surface area contributed by atoms with Crippen molar-refractivity contribution in [3.8, 4) is 22.3 Å². The minimum absolute atomic E-state index is 0.910. The fourth-order valence-electron chi connectivity index (χ4n) is 5.08. The average molecular weight is 505 g/mol. The second kappa shape index (κ2) is 10.2. The molecule has 0 atom stereocenters. The summed E-state index contributed by atoms with van der Waals surface area (Å²) in [6.45, 7) is 4.96. The molecular formula is C30H32N8. The Balaban J connectivity index is 1.17. The molecule has 3 aromatic heterocycles. The monoisotopic (exact) mass is 504 g/mol. The number of benzene rings is 2. The molecule has 0 aliphatic carbocycles. The molecule has 0 N–H and O–H groups in total. The molecule has 6 rings (SSSR count). The number of hydrogen-bond acceptors (Lipinski definition) is 7. The third-order valence-electron chi connectivity index (χ3n) is 7.28. The van der Waals surface area contributed by atoms with E-state index in [1.807, 2.05) is 36.5 Å². The zero-order valence-corrected chi connectivity index (χ0v) is 22.1. The van der Waals surface area contributed by atoms with Gasteiger partial charge in [0.25, 0.3) is 0 Å². The largest absolute Gasteiger partial charge is 0.378 e. The van der Waals surface area contributed by atoms with Crippen LogP contribution in [0.5, 0.6) is 0 Å². The molecule has 0 bridgehead atoms. The summed E-state index contributed by atoms with van der Waals surface area (Å²) >= 11 is 0. The normalized spacial score (nSPS) is 14.2. The lowest BCUT2D eigenvalue weighted by atomic mass is 9.97. The number of hydrogen-bond donors (Lipinski definition) is 0. The predicted octanol–water partition coefficient (Wildman–Crippen LogP) is 4.48. The van der Waals surface area contributed by atoms with Gasteiger partial charge in [0.1, 0.15) is 12.1 Å². The summed E-state index contributed by atoms with van der Waals surface area (Å²) < 4.78 is 1.82. The first-order valence-corrected chi connectivity index (χ1v) is 13.0. The fraction of sp³-hybridized carbons (Fsp3) is 0.267. The SMILES string of the molecule is CN(C)c1ccc(CN2CCN(c3ccc(-c4cc(-c5cnn(C)c5)cc5ncncc45)cn3)CC2)cc1. The first kappa shape index (κ1) is 24.1. The summed E-state index contributed by atoms with van der Waals surface area (Å²) in [7, 11) is 6.08. The molecule has 0 saturated carbocycles. The topological polar surface area (TPSA) is 66.2 Å². The van der Waals surface area contributed by atoms with Crippen LogP contribution in [0.3, 0.4) is 0 Å². The van der Waals surface area contributed by atoms with Gasteiger partial charge in [0.05, 0.1) is 11.7 Å². The Labute approximate surface area is 223 Å². The molecule has 0 radical (unpaired) electrons. The third-order valence-corrected chi connectivity index (χ3v) is 7.28. The van der Waals surface area contributed by atoms with Crippen LogP contribution in [0.1, 0.15) is 5.56 Å². The summed E-state index contributed by atoms with van der Waals surface area (Å²) in [5, 5.41) is 5.35. The zero-order chi connectivity index (χ0) is 26.1. The van der Waals surface area contributed by atoms with E-state index < -0.39 is 0 Å². The van der Waals surface area contributed by atoms with Crippen molar-refractivity contribution in [2.45, 2.75) is 6.54 Å². The zero-order valence-electron chi connectivity index (χ0n) is 22.1. The Bertz CT molecular complexity index is 1530. The molecule has 1 aliphatic rings. The smallest absolute Gasteiger partial charge is 0.128 e. The van der Waals surface area contributed by atoms with Crippen LogP contribution in [-0.2, 0) is 13.6 Å². The third kappa shape index (κ3) is 4.95. The molecule has 1 fully saturated rings. The minimum Gasteiger partial charge on any atom is -0.378 e. The average Bonchev–Trinajstić information content (AvgIpc) is 3.39. The van der Waals surface area contributed by atoms with Gasteiger partial charge in [-0.25, -0.2) is 15.0 Å². The van der Waals surface area contributed by atoms with Crippen molar-refractivity contribution in [2.75, 3.05) is 50.1 Å². The van der Waals surface area contributed by atoms with Gasteiger partial charge in [0.2, 0.25) is 0 Å². The molecule has 1 saturated heterocycles. The highest BCUT2D eigenvalue weighted by molar-refractivity contribution is 5.97. The highest BCUT2D eigenvalue weighted by Crippen LogP contribution is 2.33. The molecule has 38 heavy (non-hydrogen) atoms. The molecule has 0 unspecified atom stereocenters. The standard InChI is InChI=1S/C30H32N8/c1-35(2)26-7-4-22(5-8-26)19-37-10-12-38(13-11-37)30-9-6-23(16-32-30)27-14-24(25-17-34-36(3)20-25)15-29-28(27)18-31-21-33-29/h4-9,14-18,20-21H,10-13,19H2,1-3H3. The van der Waals surface area contributed by atoms with Crippen LogP contribution < -0.4 is 9.80 Å². The minimum atomic E-state index is 0.910. The van der Waals surface area contributed by atoms with E-state index in [0.717, 1.165) is 71.7 Å². The van der Waals surface area contributed by atoms with Crippen molar-refractivity contribution in [3.63, 3.8) is 0 Å². The molecular weight excluding hydrogens is 472 g/mol. The lowest BCUT2D eigenvalue weighted by Crippen LogP contribution is -2.46. The lowest BCUT2D eigenvalue weighted by molar-refractivity contribution is 0.249. The van der Waals surface area contributed by atoms with Gasteiger partial charge < -0.3 is 9.80 Å². The van der Waals surface area contributed by atoms with Crippen LogP contribution >= 0.6 is 0 Å². The van der Waals surface area contributed by atoms with Crippen molar-refractivity contribution >= 4 is 22.4 Å². The Hall–Kier alpha value is -4.30. The van der Waals surface area contributed by atoms with Gasteiger partial charge in [0, 0.05) is 94.7 Å². The van der Waals surface area contributed by atoms with Gasteiger partial charge in [-0.15, -0.1) is 0 Å². The van der Waals surface area contributed by atoms with Gasteiger partial charge >= 0.3 is 0 Å². The van der Waals surface area contributed by atoms with E-state index in [1.165, 1.54) is 11.3 Å². The number of rotatable bonds is 6. The summed E-state index contributed by atoms with van der Waals surface area (Å²) in [5.74, 6) is 1.02. The first-order valence-electron chi connectivity index (χ1n) is 13.0. The van der Waals surface area contributed by atoms with Crippen LogP contribution in [-0.4, -0.2) is 69.9 Å². The molecule has 8 heteroatoms. The first-order chi connectivity index (χ1) is 18.5. The second-order valence-corrected chi connectivity index (χ2v) is 10.1. The molecule has 8 nitrogen and oxygen atoms in total. The Kier molecular flexibility index (Phi) is 6.47. The van der Waals surface area contributed by atoms with Gasteiger partial charge in [-0.2, -0.15) is 5.10 Å². The van der Waals surface area contributed by atoms with Crippen molar-refractivity contribution in [2.24, 2.45) is 7.05 Å². The summed E-state index contributed by atoms with van der Waals surface area (Å²) in [6, 6.07) is 17.4. The molecule has 0 spiro atoms. The van der Waals surface area contributed by atoms with Crippen LogP contribution in [0.2, 0.25) is 0 Å². The number of aryl methyl sites for hydroxylation is 1. The Morgan fingerprint density at radius 1 is 0.816 bits per heavy atom. The maximum atomic E-state index is 4.87. The summed E-state index contributed by atoms with van der Waals surface area (Å²) in [4.78, 5) is 20.7. The van der Waals surface area contributed by atoms with Gasteiger partial charge in [0.15, 0.2) is 0 Å². The quantitative estimate of drug-likeness (QED) is 0.338. The summed E-state index contributed by atoms with van der Waals surface area (Å²) in [5.41, 5.74) is 7.77. The summed E-state index contributed by atoms with van der Waals surface area (Å²) in [6.07, 6.45) is 9.35. The van der Waals surface area contributed by atoms with Gasteiger partial charge in [-0.3, -0.25) is 9.58 Å². The van der Waals surface area contributed by atoms with Crippen LogP contribution in [0.4, 0.5) is 11.5 Å². The predicted molar refractivity (Wildman–Crippen MR) is 153 cm³/mol. The Morgan fingerprint density at radius 2 is 1.63 bits per heavy atom. The van der Waals surface area contributed by atoms with Crippen molar-refractivity contribution in [3.05, 3.63) is 85.2 Å². The van der Waals surface area contributed by atoms with E-state index in [4.69, 9.17) is 4.98 Å². The second-order valence-electron chi connectivity index (χ2n) is 10.1. The van der Waals surface area contributed by atoms with E-state index in [-0.39, 0.29) is 0 Å². The fourth-order valence-corrected chi connectivity index (χ4v) is 5.08. The van der Waals surface area contributed by atoms with Crippen molar-refractivity contribution in [1.82, 2.24) is 29.6 Å². The number of fused-ring (bicyclic) bond motifs is 1. The number of anilines is 2. The number of nitrogens with zero attached hydrogens (tertiary/aromatic N) is 8. The van der Waals surface area contributed by atoms with Crippen molar-refractivity contribution < 1.29 is 0 Å². The molecule has 2 aromatic carbocycles. The van der Waals surface area contributed by atoms with Gasteiger partial charge in [-0.05, 0) is 53.1 Å². The number of pyridine rings is 1.